The number of carbonyl (C=O) groups is 1. The van der Waals surface area contributed by atoms with Gasteiger partial charge in [-0.3, -0.25) is 4.79 Å². The Morgan fingerprint density at radius 1 is 1.16 bits per heavy atom. The van der Waals surface area contributed by atoms with E-state index in [1.807, 2.05) is 42.5 Å². The van der Waals surface area contributed by atoms with Crippen molar-refractivity contribution in [3.8, 4) is 11.5 Å². The number of rotatable bonds is 2. The van der Waals surface area contributed by atoms with E-state index >= 15 is 0 Å². The molecule has 0 aliphatic rings. The number of pyridine rings is 1. The maximum absolute atomic E-state index is 11.0. The Morgan fingerprint density at radius 2 is 2.00 bits per heavy atom. The van der Waals surface area contributed by atoms with Gasteiger partial charge in [0.2, 0.25) is 5.91 Å². The van der Waals surface area contributed by atoms with Crippen molar-refractivity contribution in [3.05, 3.63) is 48.5 Å². The molecule has 1 aromatic carbocycles. The molecule has 3 rings (SSSR count). The van der Waals surface area contributed by atoms with Gasteiger partial charge in [-0.1, -0.05) is 24.3 Å². The van der Waals surface area contributed by atoms with Crippen molar-refractivity contribution in [2.75, 3.05) is 5.32 Å². The normalized spacial score (nSPS) is 10.6. The first kappa shape index (κ1) is 11.5. The van der Waals surface area contributed by atoms with Crippen molar-refractivity contribution >= 4 is 22.7 Å². The lowest BCUT2D eigenvalue weighted by Gasteiger charge is -2.02. The molecule has 2 aromatic heterocycles. The predicted octanol–water partition coefficient (Wildman–Crippen LogP) is 3.45. The van der Waals surface area contributed by atoms with Gasteiger partial charge in [-0.15, -0.1) is 0 Å². The highest BCUT2D eigenvalue weighted by Crippen LogP contribution is 2.26. The molecule has 2 heterocycles. The summed E-state index contributed by atoms with van der Waals surface area (Å²) in [6, 6.07) is 15.2. The number of fused-ring (bicyclic) bond motifs is 1. The van der Waals surface area contributed by atoms with E-state index in [0.717, 1.165) is 11.0 Å². The van der Waals surface area contributed by atoms with Crippen molar-refractivity contribution in [2.24, 2.45) is 0 Å². The first-order valence-electron chi connectivity index (χ1n) is 5.96. The summed E-state index contributed by atoms with van der Waals surface area (Å²) in [6.45, 7) is 1.45. The lowest BCUT2D eigenvalue weighted by atomic mass is 10.2. The average molecular weight is 252 g/mol. The third kappa shape index (κ3) is 2.33. The first-order chi connectivity index (χ1) is 9.22. The van der Waals surface area contributed by atoms with E-state index in [1.54, 1.807) is 6.07 Å². The Bertz CT molecular complexity index is 713. The molecule has 0 aliphatic heterocycles. The molecule has 19 heavy (non-hydrogen) atoms. The molecular weight excluding hydrogens is 240 g/mol. The molecule has 1 N–H and O–H groups in total. The third-order valence-corrected chi connectivity index (χ3v) is 2.73. The van der Waals surface area contributed by atoms with Crippen LogP contribution in [-0.2, 0) is 4.79 Å². The minimum absolute atomic E-state index is 0.144. The summed E-state index contributed by atoms with van der Waals surface area (Å²) in [6.07, 6.45) is 0. The van der Waals surface area contributed by atoms with E-state index in [1.165, 1.54) is 6.92 Å². The Labute approximate surface area is 110 Å². The van der Waals surface area contributed by atoms with Crippen LogP contribution in [0, 0.1) is 0 Å². The second-order valence-electron chi connectivity index (χ2n) is 4.24. The van der Waals surface area contributed by atoms with Crippen LogP contribution >= 0.6 is 0 Å². The number of nitrogens with one attached hydrogen (secondary N) is 1. The highest BCUT2D eigenvalue weighted by Gasteiger charge is 2.08. The molecule has 3 aromatic rings. The number of benzene rings is 1. The Morgan fingerprint density at radius 3 is 2.79 bits per heavy atom. The quantitative estimate of drug-likeness (QED) is 0.760. The highest BCUT2D eigenvalue weighted by atomic mass is 16.3. The molecule has 0 radical (unpaired) electrons. The molecule has 0 aliphatic carbocycles. The summed E-state index contributed by atoms with van der Waals surface area (Å²) < 4.78 is 5.74. The highest BCUT2D eigenvalue weighted by molar-refractivity contribution is 5.88. The zero-order valence-electron chi connectivity index (χ0n) is 10.4. The van der Waals surface area contributed by atoms with Gasteiger partial charge in [0.1, 0.15) is 17.1 Å². The van der Waals surface area contributed by atoms with Crippen LogP contribution in [0.4, 0.5) is 5.82 Å². The van der Waals surface area contributed by atoms with Gasteiger partial charge in [0.15, 0.2) is 5.76 Å². The first-order valence-corrected chi connectivity index (χ1v) is 5.96. The number of amides is 1. The van der Waals surface area contributed by atoms with Crippen molar-refractivity contribution in [2.45, 2.75) is 6.92 Å². The van der Waals surface area contributed by atoms with Crippen LogP contribution in [0.25, 0.3) is 22.4 Å². The van der Waals surface area contributed by atoms with Crippen LogP contribution in [0.15, 0.2) is 52.9 Å². The van der Waals surface area contributed by atoms with E-state index < -0.39 is 0 Å². The van der Waals surface area contributed by atoms with Gasteiger partial charge in [-0.05, 0) is 24.3 Å². The molecule has 0 fully saturated rings. The van der Waals surface area contributed by atoms with Crippen molar-refractivity contribution < 1.29 is 9.21 Å². The Balaban J connectivity index is 2.03. The predicted molar refractivity (Wildman–Crippen MR) is 73.7 cm³/mol. The van der Waals surface area contributed by atoms with E-state index in [4.69, 9.17) is 4.42 Å². The number of para-hydroxylation sites is 1. The van der Waals surface area contributed by atoms with Crippen LogP contribution in [0.2, 0.25) is 0 Å². The maximum atomic E-state index is 11.0. The topological polar surface area (TPSA) is 55.1 Å². The monoisotopic (exact) mass is 252 g/mol. The van der Waals surface area contributed by atoms with Crippen LogP contribution in [-0.4, -0.2) is 10.9 Å². The third-order valence-electron chi connectivity index (χ3n) is 2.73. The molecule has 0 bridgehead atoms. The number of hydrogen-bond donors (Lipinski definition) is 1. The van der Waals surface area contributed by atoms with Crippen molar-refractivity contribution in [3.63, 3.8) is 0 Å². The number of anilines is 1. The van der Waals surface area contributed by atoms with Gasteiger partial charge in [0, 0.05) is 12.3 Å². The summed E-state index contributed by atoms with van der Waals surface area (Å²) in [5, 5.41) is 3.69. The summed E-state index contributed by atoms with van der Waals surface area (Å²) in [5.41, 5.74) is 1.52. The summed E-state index contributed by atoms with van der Waals surface area (Å²) >= 11 is 0. The van der Waals surface area contributed by atoms with Gasteiger partial charge in [-0.25, -0.2) is 4.98 Å². The zero-order chi connectivity index (χ0) is 13.2. The molecule has 0 unspecified atom stereocenters. The maximum Gasteiger partial charge on any atom is 0.222 e. The van der Waals surface area contributed by atoms with Crippen molar-refractivity contribution in [1.29, 1.82) is 0 Å². The Hall–Kier alpha value is -2.62. The SMILES string of the molecule is CC(=O)Nc1cccc(-c2cc3ccccc3o2)n1. The largest absolute Gasteiger partial charge is 0.454 e. The smallest absolute Gasteiger partial charge is 0.222 e. The molecule has 4 nitrogen and oxygen atoms in total. The van der Waals surface area contributed by atoms with Gasteiger partial charge in [-0.2, -0.15) is 0 Å². The summed E-state index contributed by atoms with van der Waals surface area (Å²) in [7, 11) is 0. The molecule has 4 heteroatoms. The van der Waals surface area contributed by atoms with Gasteiger partial charge in [0.05, 0.1) is 0 Å². The van der Waals surface area contributed by atoms with Gasteiger partial charge < -0.3 is 9.73 Å². The van der Waals surface area contributed by atoms with E-state index in [2.05, 4.69) is 10.3 Å². The number of aromatic nitrogens is 1. The fourth-order valence-electron chi connectivity index (χ4n) is 1.93. The second-order valence-corrected chi connectivity index (χ2v) is 4.24. The van der Waals surface area contributed by atoms with Crippen LogP contribution < -0.4 is 5.32 Å². The molecule has 0 saturated carbocycles. The summed E-state index contributed by atoms with van der Waals surface area (Å²) in [5.74, 6) is 1.06. The zero-order valence-corrected chi connectivity index (χ0v) is 10.4. The number of hydrogen-bond acceptors (Lipinski definition) is 3. The number of nitrogens with zero attached hydrogens (tertiary/aromatic N) is 1. The minimum Gasteiger partial charge on any atom is -0.454 e. The number of furan rings is 1. The summed E-state index contributed by atoms with van der Waals surface area (Å²) in [4.78, 5) is 15.4. The lowest BCUT2D eigenvalue weighted by Crippen LogP contribution is -2.07. The van der Waals surface area contributed by atoms with E-state index in [9.17, 15) is 4.79 Å². The fourth-order valence-corrected chi connectivity index (χ4v) is 1.93. The Kier molecular flexibility index (Phi) is 2.76. The van der Waals surface area contributed by atoms with Gasteiger partial charge >= 0.3 is 0 Å². The average Bonchev–Trinajstić information content (AvgIpc) is 2.82. The van der Waals surface area contributed by atoms with Crippen LogP contribution in [0.3, 0.4) is 0 Å². The van der Waals surface area contributed by atoms with E-state index in [0.29, 0.717) is 17.3 Å². The van der Waals surface area contributed by atoms with E-state index in [-0.39, 0.29) is 5.91 Å². The number of carbonyl (C=O) groups excluding carboxylic acids is 1. The van der Waals surface area contributed by atoms with Crippen molar-refractivity contribution in [1.82, 2.24) is 4.98 Å². The molecule has 0 saturated heterocycles. The molecule has 1 amide bonds. The molecule has 94 valence electrons. The fraction of sp³-hybridized carbons (Fsp3) is 0.0667. The van der Waals surface area contributed by atoms with Crippen LogP contribution in [0.5, 0.6) is 0 Å². The second kappa shape index (κ2) is 4.57. The minimum atomic E-state index is -0.144. The standard InChI is InChI=1S/C15H12N2O2/c1-10(18)16-15-8-4-6-12(17-15)14-9-11-5-2-3-7-13(11)19-14/h2-9H,1H3,(H,16,17,18). The molecule has 0 spiro atoms. The molecule has 0 atom stereocenters. The lowest BCUT2D eigenvalue weighted by molar-refractivity contribution is -0.114. The van der Waals surface area contributed by atoms with Gasteiger partial charge in [0.25, 0.3) is 0 Å². The molecular formula is C15H12N2O2. The van der Waals surface area contributed by atoms with Crippen LogP contribution in [0.1, 0.15) is 6.92 Å².